The minimum atomic E-state index is 0.125. The van der Waals surface area contributed by atoms with Gasteiger partial charge in [0.1, 0.15) is 0 Å². The van der Waals surface area contributed by atoms with Gasteiger partial charge in [-0.3, -0.25) is 0 Å². The summed E-state index contributed by atoms with van der Waals surface area (Å²) in [5, 5.41) is 13.8. The van der Waals surface area contributed by atoms with Crippen LogP contribution in [0.15, 0.2) is 18.2 Å². The molecule has 2 nitrogen and oxygen atoms in total. The van der Waals surface area contributed by atoms with E-state index in [1.165, 1.54) is 24.0 Å². The topological polar surface area (TPSA) is 32.3 Å². The summed E-state index contributed by atoms with van der Waals surface area (Å²) in [6.07, 6.45) is 4.80. The van der Waals surface area contributed by atoms with Crippen LogP contribution in [0.3, 0.4) is 0 Å². The smallest absolute Gasteiger partial charge is 0.0499 e. The third kappa shape index (κ3) is 3.25. The molecule has 100 valence electrons. The summed E-state index contributed by atoms with van der Waals surface area (Å²) in [6, 6.07) is 6.00. The molecule has 0 amide bonds. The zero-order valence-corrected chi connectivity index (χ0v) is 11.8. The van der Waals surface area contributed by atoms with E-state index in [1.807, 2.05) is 12.1 Å². The summed E-state index contributed by atoms with van der Waals surface area (Å²) in [6.45, 7) is 4.15. The average Bonchev–Trinajstić information content (AvgIpc) is 2.81. The molecule has 2 rings (SSSR count). The normalized spacial score (nSPS) is 18.2. The van der Waals surface area contributed by atoms with Crippen molar-refractivity contribution in [3.63, 3.8) is 0 Å². The maximum atomic E-state index is 9.55. The van der Waals surface area contributed by atoms with E-state index in [-0.39, 0.29) is 5.41 Å². The number of aryl methyl sites for hydroxylation is 1. The summed E-state index contributed by atoms with van der Waals surface area (Å²) < 4.78 is 0. The predicted molar refractivity (Wildman–Crippen MR) is 75.9 cm³/mol. The van der Waals surface area contributed by atoms with Gasteiger partial charge in [-0.2, -0.15) is 0 Å². The van der Waals surface area contributed by atoms with Crippen molar-refractivity contribution in [2.24, 2.45) is 5.41 Å². The monoisotopic (exact) mass is 267 g/mol. The van der Waals surface area contributed by atoms with E-state index in [4.69, 9.17) is 11.6 Å². The molecule has 1 aliphatic carbocycles. The second kappa shape index (κ2) is 6.05. The Hall–Kier alpha value is -0.570. The van der Waals surface area contributed by atoms with Crippen molar-refractivity contribution in [2.75, 3.05) is 13.2 Å². The van der Waals surface area contributed by atoms with Crippen LogP contribution in [-0.2, 0) is 6.54 Å². The molecule has 0 aliphatic heterocycles. The maximum Gasteiger partial charge on any atom is 0.0499 e. The molecule has 0 atom stereocenters. The highest BCUT2D eigenvalue weighted by Crippen LogP contribution is 2.36. The van der Waals surface area contributed by atoms with E-state index in [2.05, 4.69) is 18.3 Å². The third-order valence-electron chi connectivity index (χ3n) is 4.12. The van der Waals surface area contributed by atoms with Gasteiger partial charge in [-0.15, -0.1) is 0 Å². The summed E-state index contributed by atoms with van der Waals surface area (Å²) >= 11 is 5.95. The SMILES string of the molecule is Cc1cc(Cl)ccc1CNCC1(CO)CCCC1. The van der Waals surface area contributed by atoms with Gasteiger partial charge in [0, 0.05) is 30.1 Å². The number of halogens is 1. The van der Waals surface area contributed by atoms with Crippen molar-refractivity contribution >= 4 is 11.6 Å². The van der Waals surface area contributed by atoms with Crippen molar-refractivity contribution in [2.45, 2.75) is 39.2 Å². The Morgan fingerprint density at radius 2 is 2.06 bits per heavy atom. The van der Waals surface area contributed by atoms with Crippen LogP contribution in [0.2, 0.25) is 5.02 Å². The highest BCUT2D eigenvalue weighted by molar-refractivity contribution is 6.30. The second-order valence-electron chi connectivity index (χ2n) is 5.54. The Morgan fingerprint density at radius 1 is 1.33 bits per heavy atom. The lowest BCUT2D eigenvalue weighted by Gasteiger charge is -2.26. The van der Waals surface area contributed by atoms with Crippen LogP contribution in [0.4, 0.5) is 0 Å². The van der Waals surface area contributed by atoms with Crippen molar-refractivity contribution in [3.8, 4) is 0 Å². The van der Waals surface area contributed by atoms with Gasteiger partial charge in [0.2, 0.25) is 0 Å². The fourth-order valence-electron chi connectivity index (χ4n) is 2.84. The highest BCUT2D eigenvalue weighted by atomic mass is 35.5. The number of nitrogens with one attached hydrogen (secondary N) is 1. The van der Waals surface area contributed by atoms with Crippen LogP contribution in [-0.4, -0.2) is 18.3 Å². The molecule has 0 bridgehead atoms. The minimum absolute atomic E-state index is 0.125. The van der Waals surface area contributed by atoms with Crippen LogP contribution >= 0.6 is 11.6 Å². The minimum Gasteiger partial charge on any atom is -0.396 e. The zero-order valence-electron chi connectivity index (χ0n) is 11.0. The Morgan fingerprint density at radius 3 is 2.67 bits per heavy atom. The molecule has 0 spiro atoms. The Bertz CT molecular complexity index is 399. The molecule has 1 aromatic carbocycles. The Labute approximate surface area is 114 Å². The van der Waals surface area contributed by atoms with Gasteiger partial charge >= 0.3 is 0 Å². The number of hydrogen-bond donors (Lipinski definition) is 2. The van der Waals surface area contributed by atoms with Gasteiger partial charge in [-0.25, -0.2) is 0 Å². The first-order chi connectivity index (χ1) is 8.65. The fraction of sp³-hybridized carbons (Fsp3) is 0.600. The maximum absolute atomic E-state index is 9.55. The summed E-state index contributed by atoms with van der Waals surface area (Å²) in [5.74, 6) is 0. The van der Waals surface area contributed by atoms with E-state index >= 15 is 0 Å². The fourth-order valence-corrected chi connectivity index (χ4v) is 3.06. The summed E-state index contributed by atoms with van der Waals surface area (Å²) in [4.78, 5) is 0. The van der Waals surface area contributed by atoms with Crippen LogP contribution in [0.25, 0.3) is 0 Å². The van der Waals surface area contributed by atoms with Crippen LogP contribution < -0.4 is 5.32 Å². The standard InChI is InChI=1S/C15H22ClNO/c1-12-8-14(16)5-4-13(12)9-17-10-15(11-18)6-2-3-7-15/h4-5,8,17-18H,2-3,6-7,9-11H2,1H3. The zero-order chi connectivity index (χ0) is 13.0. The van der Waals surface area contributed by atoms with E-state index in [1.54, 1.807) is 0 Å². The summed E-state index contributed by atoms with van der Waals surface area (Å²) in [7, 11) is 0. The molecule has 1 saturated carbocycles. The van der Waals surface area contributed by atoms with Gasteiger partial charge in [-0.05, 0) is 43.0 Å². The van der Waals surface area contributed by atoms with E-state index in [0.29, 0.717) is 6.61 Å². The lowest BCUT2D eigenvalue weighted by Crippen LogP contribution is -2.34. The van der Waals surface area contributed by atoms with Crippen molar-refractivity contribution < 1.29 is 5.11 Å². The lowest BCUT2D eigenvalue weighted by atomic mass is 9.87. The molecule has 1 aliphatic rings. The third-order valence-corrected chi connectivity index (χ3v) is 4.35. The number of rotatable bonds is 5. The van der Waals surface area contributed by atoms with Gasteiger partial charge in [0.25, 0.3) is 0 Å². The van der Waals surface area contributed by atoms with Gasteiger partial charge in [-0.1, -0.05) is 30.5 Å². The molecule has 0 saturated heterocycles. The first kappa shape index (κ1) is 13.9. The van der Waals surface area contributed by atoms with Crippen molar-refractivity contribution in [1.82, 2.24) is 5.32 Å². The van der Waals surface area contributed by atoms with Crippen LogP contribution in [0.1, 0.15) is 36.8 Å². The molecule has 2 N–H and O–H groups in total. The van der Waals surface area contributed by atoms with E-state index < -0.39 is 0 Å². The molecular formula is C15H22ClNO. The second-order valence-corrected chi connectivity index (χ2v) is 5.98. The lowest BCUT2D eigenvalue weighted by molar-refractivity contribution is 0.128. The number of aliphatic hydroxyl groups is 1. The van der Waals surface area contributed by atoms with Crippen LogP contribution in [0, 0.1) is 12.3 Å². The van der Waals surface area contributed by atoms with Gasteiger partial charge < -0.3 is 10.4 Å². The number of benzene rings is 1. The highest BCUT2D eigenvalue weighted by Gasteiger charge is 2.32. The molecule has 3 heteroatoms. The molecule has 0 aromatic heterocycles. The molecule has 0 unspecified atom stereocenters. The Balaban J connectivity index is 1.88. The van der Waals surface area contributed by atoms with Crippen molar-refractivity contribution in [3.05, 3.63) is 34.3 Å². The summed E-state index contributed by atoms with van der Waals surface area (Å²) in [5.41, 5.74) is 2.63. The molecular weight excluding hydrogens is 246 g/mol. The molecule has 0 radical (unpaired) electrons. The van der Waals surface area contributed by atoms with E-state index in [9.17, 15) is 5.11 Å². The number of hydrogen-bond acceptors (Lipinski definition) is 2. The molecule has 1 aromatic rings. The first-order valence-electron chi connectivity index (χ1n) is 6.72. The molecule has 18 heavy (non-hydrogen) atoms. The van der Waals surface area contributed by atoms with Crippen molar-refractivity contribution in [1.29, 1.82) is 0 Å². The van der Waals surface area contributed by atoms with Crippen LogP contribution in [0.5, 0.6) is 0 Å². The largest absolute Gasteiger partial charge is 0.396 e. The molecule has 1 fully saturated rings. The first-order valence-corrected chi connectivity index (χ1v) is 7.10. The average molecular weight is 268 g/mol. The molecule has 0 heterocycles. The quantitative estimate of drug-likeness (QED) is 0.858. The number of aliphatic hydroxyl groups excluding tert-OH is 1. The Kier molecular flexibility index (Phi) is 4.66. The van der Waals surface area contributed by atoms with Gasteiger partial charge in [0.05, 0.1) is 0 Å². The van der Waals surface area contributed by atoms with Gasteiger partial charge in [0.15, 0.2) is 0 Å². The predicted octanol–water partition coefficient (Wildman–Crippen LogP) is 3.29. The van der Waals surface area contributed by atoms with E-state index in [0.717, 1.165) is 31.0 Å².